The maximum absolute atomic E-state index is 4.85. The van der Waals surface area contributed by atoms with Crippen LogP contribution < -0.4 is 4.80 Å². The Morgan fingerprint density at radius 2 is 1.85 bits per heavy atom. The van der Waals surface area contributed by atoms with Gasteiger partial charge in [-0.05, 0) is 49.6 Å². The monoisotopic (exact) mass is 390 g/mol. The van der Waals surface area contributed by atoms with Crippen LogP contribution in [-0.2, 0) is 0 Å². The standard InChI is InChI=1S/C21H18N4S2/c1-15-8-10-17(11-9-15)23-21-25(19(14-27-21)20-7-5-13-26-20)24-16(2)18-6-3-4-12-22-18/h3-14H,1-2H3. The van der Waals surface area contributed by atoms with E-state index >= 15 is 0 Å². The van der Waals surface area contributed by atoms with Crippen molar-refractivity contribution in [1.29, 1.82) is 0 Å². The lowest BCUT2D eigenvalue weighted by molar-refractivity contribution is 0.848. The van der Waals surface area contributed by atoms with E-state index in [4.69, 9.17) is 10.1 Å². The molecule has 0 N–H and O–H groups in total. The molecule has 0 saturated carbocycles. The third kappa shape index (κ3) is 3.97. The van der Waals surface area contributed by atoms with Gasteiger partial charge in [-0.3, -0.25) is 4.98 Å². The van der Waals surface area contributed by atoms with E-state index in [2.05, 4.69) is 40.9 Å². The van der Waals surface area contributed by atoms with E-state index in [0.29, 0.717) is 0 Å². The highest BCUT2D eigenvalue weighted by molar-refractivity contribution is 7.14. The number of nitrogens with zero attached hydrogens (tertiary/aromatic N) is 4. The lowest BCUT2D eigenvalue weighted by atomic mass is 10.2. The average molecular weight is 391 g/mol. The first-order chi connectivity index (χ1) is 13.2. The van der Waals surface area contributed by atoms with Crippen LogP contribution >= 0.6 is 22.7 Å². The summed E-state index contributed by atoms with van der Waals surface area (Å²) in [4.78, 5) is 11.2. The predicted molar refractivity (Wildman–Crippen MR) is 114 cm³/mol. The Morgan fingerprint density at radius 1 is 1.00 bits per heavy atom. The van der Waals surface area contributed by atoms with Gasteiger partial charge in [0.2, 0.25) is 4.80 Å². The van der Waals surface area contributed by atoms with Crippen LogP contribution in [0, 0.1) is 6.92 Å². The smallest absolute Gasteiger partial charge is 0.211 e. The number of aromatic nitrogens is 2. The molecule has 0 aliphatic heterocycles. The summed E-state index contributed by atoms with van der Waals surface area (Å²) in [6.07, 6.45) is 1.78. The minimum absolute atomic E-state index is 0.831. The molecule has 0 unspecified atom stereocenters. The lowest BCUT2D eigenvalue weighted by Gasteiger charge is -2.04. The second kappa shape index (κ2) is 7.82. The first kappa shape index (κ1) is 17.6. The zero-order chi connectivity index (χ0) is 18.6. The molecule has 0 saturated heterocycles. The number of hydrogen-bond acceptors (Lipinski definition) is 5. The quantitative estimate of drug-likeness (QED) is 0.425. The molecule has 6 heteroatoms. The van der Waals surface area contributed by atoms with Crippen molar-refractivity contribution in [3.05, 3.63) is 87.6 Å². The summed E-state index contributed by atoms with van der Waals surface area (Å²) in [6.45, 7) is 4.05. The van der Waals surface area contributed by atoms with Crippen LogP contribution in [0.1, 0.15) is 18.2 Å². The third-order valence-corrected chi connectivity index (χ3v) is 5.71. The minimum atomic E-state index is 0.831. The molecule has 0 spiro atoms. The van der Waals surface area contributed by atoms with Crippen molar-refractivity contribution >= 4 is 34.1 Å². The largest absolute Gasteiger partial charge is 0.255 e. The number of thiophene rings is 1. The second-order valence-electron chi connectivity index (χ2n) is 6.04. The first-order valence-corrected chi connectivity index (χ1v) is 10.3. The normalized spacial score (nSPS) is 12.5. The van der Waals surface area contributed by atoms with E-state index in [1.54, 1.807) is 28.9 Å². The highest BCUT2D eigenvalue weighted by Gasteiger charge is 2.10. The van der Waals surface area contributed by atoms with Crippen LogP contribution in [0.3, 0.4) is 0 Å². The van der Waals surface area contributed by atoms with Crippen LogP contribution in [-0.4, -0.2) is 15.4 Å². The topological polar surface area (TPSA) is 42.5 Å². The van der Waals surface area contributed by atoms with Gasteiger partial charge in [-0.2, -0.15) is 5.10 Å². The zero-order valence-corrected chi connectivity index (χ0v) is 16.7. The van der Waals surface area contributed by atoms with Gasteiger partial charge in [0.15, 0.2) is 0 Å². The molecule has 0 fully saturated rings. The summed E-state index contributed by atoms with van der Waals surface area (Å²) in [5.41, 5.74) is 4.87. The van der Waals surface area contributed by atoms with Gasteiger partial charge >= 0.3 is 0 Å². The van der Waals surface area contributed by atoms with Crippen molar-refractivity contribution in [2.45, 2.75) is 13.8 Å². The fourth-order valence-electron chi connectivity index (χ4n) is 2.58. The Morgan fingerprint density at radius 3 is 2.56 bits per heavy atom. The number of aryl methyl sites for hydroxylation is 1. The van der Waals surface area contributed by atoms with E-state index in [1.807, 2.05) is 48.0 Å². The van der Waals surface area contributed by atoms with Gasteiger partial charge in [-0.25, -0.2) is 9.67 Å². The molecular formula is C21H18N4S2. The molecule has 27 heavy (non-hydrogen) atoms. The highest BCUT2D eigenvalue weighted by atomic mass is 32.1. The molecule has 0 atom stereocenters. The van der Waals surface area contributed by atoms with Crippen molar-refractivity contribution in [3.8, 4) is 10.6 Å². The van der Waals surface area contributed by atoms with E-state index < -0.39 is 0 Å². The summed E-state index contributed by atoms with van der Waals surface area (Å²) >= 11 is 3.28. The van der Waals surface area contributed by atoms with E-state index in [9.17, 15) is 0 Å². The van der Waals surface area contributed by atoms with E-state index in [0.717, 1.165) is 32.5 Å². The Balaban J connectivity index is 1.87. The molecule has 0 aliphatic carbocycles. The van der Waals surface area contributed by atoms with Gasteiger partial charge in [0.25, 0.3) is 0 Å². The fourth-order valence-corrected chi connectivity index (χ4v) is 4.22. The van der Waals surface area contributed by atoms with Crippen LogP contribution in [0.25, 0.3) is 10.6 Å². The minimum Gasteiger partial charge on any atom is -0.255 e. The number of thiazole rings is 1. The summed E-state index contributed by atoms with van der Waals surface area (Å²) in [6, 6.07) is 18.2. The predicted octanol–water partition coefficient (Wildman–Crippen LogP) is 5.49. The Labute approximate surface area is 165 Å². The molecule has 0 amide bonds. The van der Waals surface area contributed by atoms with Crippen molar-refractivity contribution < 1.29 is 0 Å². The summed E-state index contributed by atoms with van der Waals surface area (Å²) in [5.74, 6) is 0. The second-order valence-corrected chi connectivity index (χ2v) is 7.82. The fraction of sp³-hybridized carbons (Fsp3) is 0.0952. The van der Waals surface area contributed by atoms with Crippen LogP contribution in [0.2, 0.25) is 0 Å². The maximum Gasteiger partial charge on any atom is 0.211 e. The molecule has 3 aromatic heterocycles. The summed E-state index contributed by atoms with van der Waals surface area (Å²) in [7, 11) is 0. The molecule has 134 valence electrons. The lowest BCUT2D eigenvalue weighted by Crippen LogP contribution is -2.14. The zero-order valence-electron chi connectivity index (χ0n) is 15.0. The molecule has 0 radical (unpaired) electrons. The van der Waals surface area contributed by atoms with Gasteiger partial charge in [0.1, 0.15) is 0 Å². The summed E-state index contributed by atoms with van der Waals surface area (Å²) in [5, 5.41) is 9.03. The van der Waals surface area contributed by atoms with Crippen LogP contribution in [0.4, 0.5) is 5.69 Å². The van der Waals surface area contributed by atoms with E-state index in [1.165, 1.54) is 5.56 Å². The SMILES string of the molecule is CC(=Nn1c(-c2cccs2)csc1=Nc1ccc(C)cc1)c1ccccn1. The van der Waals surface area contributed by atoms with Gasteiger partial charge in [0, 0.05) is 11.6 Å². The van der Waals surface area contributed by atoms with Crippen molar-refractivity contribution in [2.75, 3.05) is 0 Å². The number of benzene rings is 1. The molecule has 3 heterocycles. The average Bonchev–Trinajstić information content (AvgIpc) is 3.35. The van der Waals surface area contributed by atoms with Gasteiger partial charge in [0.05, 0.1) is 27.7 Å². The number of pyridine rings is 1. The molecule has 4 rings (SSSR count). The first-order valence-electron chi connectivity index (χ1n) is 8.53. The molecule has 1 aromatic carbocycles. The Kier molecular flexibility index (Phi) is 5.09. The van der Waals surface area contributed by atoms with Gasteiger partial charge < -0.3 is 0 Å². The number of hydrogen-bond donors (Lipinski definition) is 0. The van der Waals surface area contributed by atoms with Crippen molar-refractivity contribution in [1.82, 2.24) is 9.66 Å². The molecule has 0 bridgehead atoms. The molecule has 4 nitrogen and oxygen atoms in total. The summed E-state index contributed by atoms with van der Waals surface area (Å²) < 4.78 is 1.92. The highest BCUT2D eigenvalue weighted by Crippen LogP contribution is 2.25. The Hall–Kier alpha value is -2.83. The van der Waals surface area contributed by atoms with E-state index in [-0.39, 0.29) is 0 Å². The van der Waals surface area contributed by atoms with Crippen LogP contribution in [0.5, 0.6) is 0 Å². The molecule has 0 aliphatic rings. The third-order valence-electron chi connectivity index (χ3n) is 4.00. The van der Waals surface area contributed by atoms with Crippen molar-refractivity contribution in [2.24, 2.45) is 10.1 Å². The number of rotatable bonds is 4. The maximum atomic E-state index is 4.85. The molecular weight excluding hydrogens is 372 g/mol. The molecule has 4 aromatic rings. The Bertz CT molecular complexity index is 1120. The van der Waals surface area contributed by atoms with Crippen molar-refractivity contribution in [3.63, 3.8) is 0 Å². The van der Waals surface area contributed by atoms with Crippen LogP contribution in [0.15, 0.2) is 81.6 Å². The van der Waals surface area contributed by atoms with Gasteiger partial charge in [-0.1, -0.05) is 29.8 Å². The van der Waals surface area contributed by atoms with Gasteiger partial charge in [-0.15, -0.1) is 22.7 Å².